The molecule has 0 saturated heterocycles. The van der Waals surface area contributed by atoms with Crippen molar-refractivity contribution in [2.24, 2.45) is 0 Å². The SMILES string of the molecule is N=C(NC(=O)OCc1ccccc1)c1ccc(OCCCn2ccn(CC(=O)O)c(=O)c2=O)cc1. The minimum atomic E-state index is -1.21. The maximum atomic E-state index is 12.1. The first kappa shape index (κ1) is 25.0. The van der Waals surface area contributed by atoms with Gasteiger partial charge in [0.05, 0.1) is 6.61 Å². The van der Waals surface area contributed by atoms with Crippen LogP contribution in [0, 0.1) is 5.41 Å². The number of aliphatic carboxylic acids is 1. The summed E-state index contributed by atoms with van der Waals surface area (Å²) >= 11 is 0. The second kappa shape index (κ2) is 12.0. The van der Waals surface area contributed by atoms with Crippen molar-refractivity contribution in [3.63, 3.8) is 0 Å². The first-order chi connectivity index (χ1) is 16.8. The molecule has 1 aromatic heterocycles. The molecule has 0 fully saturated rings. The summed E-state index contributed by atoms with van der Waals surface area (Å²) in [6, 6.07) is 15.7. The van der Waals surface area contributed by atoms with Crippen LogP contribution >= 0.6 is 0 Å². The molecule has 3 aromatic rings. The predicted molar refractivity (Wildman–Crippen MR) is 126 cm³/mol. The topological polar surface area (TPSA) is 153 Å². The third-order valence-corrected chi connectivity index (χ3v) is 4.83. The molecular formula is C24H24N4O7. The van der Waals surface area contributed by atoms with E-state index in [1.165, 1.54) is 17.0 Å². The highest BCUT2D eigenvalue weighted by molar-refractivity contribution is 6.04. The van der Waals surface area contributed by atoms with Crippen LogP contribution < -0.4 is 21.2 Å². The number of amides is 1. The van der Waals surface area contributed by atoms with Crippen LogP contribution in [0.5, 0.6) is 5.75 Å². The van der Waals surface area contributed by atoms with E-state index < -0.39 is 29.7 Å². The molecule has 0 saturated carbocycles. The number of nitrogens with zero attached hydrogens (tertiary/aromatic N) is 2. The van der Waals surface area contributed by atoms with Crippen LogP contribution in [0.2, 0.25) is 0 Å². The first-order valence-electron chi connectivity index (χ1n) is 10.6. The molecule has 11 nitrogen and oxygen atoms in total. The minimum Gasteiger partial charge on any atom is -0.494 e. The van der Waals surface area contributed by atoms with Crippen LogP contribution in [-0.4, -0.2) is 38.7 Å². The smallest absolute Gasteiger partial charge is 0.413 e. The molecule has 0 unspecified atom stereocenters. The van der Waals surface area contributed by atoms with Gasteiger partial charge in [0, 0.05) is 24.5 Å². The zero-order chi connectivity index (χ0) is 25.2. The largest absolute Gasteiger partial charge is 0.494 e. The number of hydrogen-bond donors (Lipinski definition) is 3. The number of rotatable bonds is 10. The Bertz CT molecular complexity index is 1300. The molecule has 0 bridgehead atoms. The van der Waals surface area contributed by atoms with E-state index in [0.717, 1.165) is 10.1 Å². The lowest BCUT2D eigenvalue weighted by atomic mass is 10.2. The Morgan fingerprint density at radius 1 is 0.943 bits per heavy atom. The highest BCUT2D eigenvalue weighted by Crippen LogP contribution is 2.12. The Kier molecular flexibility index (Phi) is 8.54. The van der Waals surface area contributed by atoms with Crippen molar-refractivity contribution in [3.05, 3.63) is 98.8 Å². The van der Waals surface area contributed by atoms with Gasteiger partial charge in [0.2, 0.25) is 0 Å². The van der Waals surface area contributed by atoms with Gasteiger partial charge >= 0.3 is 23.2 Å². The third-order valence-electron chi connectivity index (χ3n) is 4.83. The molecule has 11 heteroatoms. The van der Waals surface area contributed by atoms with Crippen LogP contribution in [0.25, 0.3) is 0 Å². The lowest BCUT2D eigenvalue weighted by molar-refractivity contribution is -0.137. The lowest BCUT2D eigenvalue weighted by Crippen LogP contribution is -2.41. The second-order valence-electron chi connectivity index (χ2n) is 7.41. The molecule has 1 amide bonds. The van der Waals surface area contributed by atoms with Gasteiger partial charge in [-0.05, 0) is 36.2 Å². The van der Waals surface area contributed by atoms with E-state index in [1.54, 1.807) is 24.3 Å². The number of aryl methyl sites for hydroxylation is 1. The number of nitrogens with one attached hydrogen (secondary N) is 2. The second-order valence-corrected chi connectivity index (χ2v) is 7.41. The number of hydrogen-bond acceptors (Lipinski definition) is 7. The molecule has 2 aromatic carbocycles. The van der Waals surface area contributed by atoms with Gasteiger partial charge in [0.1, 0.15) is 24.7 Å². The maximum absolute atomic E-state index is 12.1. The number of carboxylic acids is 1. The van der Waals surface area contributed by atoms with Gasteiger partial charge in [-0.25, -0.2) is 4.79 Å². The molecule has 0 aliphatic heterocycles. The van der Waals surface area contributed by atoms with Crippen LogP contribution in [-0.2, 0) is 29.2 Å². The summed E-state index contributed by atoms with van der Waals surface area (Å²) in [6.45, 7) is 0.00140. The fourth-order valence-corrected chi connectivity index (χ4v) is 3.06. The van der Waals surface area contributed by atoms with Crippen molar-refractivity contribution in [3.8, 4) is 5.75 Å². The summed E-state index contributed by atoms with van der Waals surface area (Å²) in [5.74, 6) is -0.804. The summed E-state index contributed by atoms with van der Waals surface area (Å²) in [6.07, 6.45) is 2.32. The van der Waals surface area contributed by atoms with E-state index in [4.69, 9.17) is 20.0 Å². The Hall–Kier alpha value is -4.67. The highest BCUT2D eigenvalue weighted by Gasteiger charge is 2.10. The normalized spacial score (nSPS) is 10.4. The number of carboxylic acid groups (broad SMARTS) is 1. The molecular weight excluding hydrogens is 456 g/mol. The minimum absolute atomic E-state index is 0.0975. The number of ether oxygens (including phenoxy) is 2. The van der Waals surface area contributed by atoms with E-state index in [0.29, 0.717) is 17.7 Å². The average Bonchev–Trinajstić information content (AvgIpc) is 2.85. The monoisotopic (exact) mass is 480 g/mol. The molecule has 3 rings (SSSR count). The molecule has 0 atom stereocenters. The van der Waals surface area contributed by atoms with Gasteiger partial charge < -0.3 is 19.1 Å². The standard InChI is InChI=1S/C24H24N4O7/c25-21(26-24(33)35-16-17-5-2-1-3-6-17)18-7-9-19(10-8-18)34-14-4-11-27-12-13-28(15-20(29)30)23(32)22(27)31/h1-3,5-10,12-13H,4,11,14-16H2,(H,29,30)(H2,25,26,33). The maximum Gasteiger partial charge on any atom is 0.413 e. The number of alkyl carbamates (subject to hydrolysis) is 1. The summed E-state index contributed by atoms with van der Waals surface area (Å²) in [7, 11) is 0. The van der Waals surface area contributed by atoms with Gasteiger partial charge in [-0.2, -0.15) is 0 Å². The molecule has 182 valence electrons. The van der Waals surface area contributed by atoms with Gasteiger partial charge in [-0.15, -0.1) is 0 Å². The van der Waals surface area contributed by atoms with E-state index in [9.17, 15) is 19.2 Å². The van der Waals surface area contributed by atoms with Crippen LogP contribution in [0.3, 0.4) is 0 Å². The van der Waals surface area contributed by atoms with Gasteiger partial charge in [-0.3, -0.25) is 29.7 Å². The van der Waals surface area contributed by atoms with Crippen molar-refractivity contribution in [1.82, 2.24) is 14.5 Å². The molecule has 35 heavy (non-hydrogen) atoms. The zero-order valence-electron chi connectivity index (χ0n) is 18.7. The molecule has 0 radical (unpaired) electrons. The summed E-state index contributed by atoms with van der Waals surface area (Å²) in [5, 5.41) is 19.2. The van der Waals surface area contributed by atoms with Crippen molar-refractivity contribution in [1.29, 1.82) is 5.41 Å². The number of carbonyl (C=O) groups excluding carboxylic acids is 1. The lowest BCUT2D eigenvalue weighted by Gasteiger charge is -2.10. The number of carbonyl (C=O) groups is 2. The Balaban J connectivity index is 1.43. The van der Waals surface area contributed by atoms with Crippen molar-refractivity contribution in [2.75, 3.05) is 6.61 Å². The van der Waals surface area contributed by atoms with Gasteiger partial charge in [0.25, 0.3) is 0 Å². The number of benzene rings is 2. The molecule has 0 spiro atoms. The molecule has 1 heterocycles. The van der Waals surface area contributed by atoms with E-state index >= 15 is 0 Å². The van der Waals surface area contributed by atoms with Crippen molar-refractivity contribution >= 4 is 17.9 Å². The van der Waals surface area contributed by atoms with Gasteiger partial charge in [-0.1, -0.05) is 30.3 Å². The number of aromatic nitrogens is 2. The van der Waals surface area contributed by atoms with E-state index in [1.807, 2.05) is 30.3 Å². The fourth-order valence-electron chi connectivity index (χ4n) is 3.06. The molecule has 0 aliphatic carbocycles. The summed E-state index contributed by atoms with van der Waals surface area (Å²) in [5.41, 5.74) is -0.400. The van der Waals surface area contributed by atoms with Crippen molar-refractivity contribution in [2.45, 2.75) is 26.1 Å². The predicted octanol–water partition coefficient (Wildman–Crippen LogP) is 1.82. The van der Waals surface area contributed by atoms with E-state index in [-0.39, 0.29) is 25.6 Å². The van der Waals surface area contributed by atoms with Gasteiger partial charge in [0.15, 0.2) is 0 Å². The Morgan fingerprint density at radius 3 is 2.29 bits per heavy atom. The van der Waals surface area contributed by atoms with Crippen LogP contribution in [0.4, 0.5) is 4.79 Å². The first-order valence-corrected chi connectivity index (χ1v) is 10.6. The molecule has 3 N–H and O–H groups in total. The number of amidine groups is 1. The highest BCUT2D eigenvalue weighted by atomic mass is 16.5. The Labute approximate surface area is 199 Å². The summed E-state index contributed by atoms with van der Waals surface area (Å²) in [4.78, 5) is 46.6. The fraction of sp³-hybridized carbons (Fsp3) is 0.208. The van der Waals surface area contributed by atoms with Crippen LogP contribution in [0.1, 0.15) is 17.5 Å². The van der Waals surface area contributed by atoms with Crippen molar-refractivity contribution < 1.29 is 24.2 Å². The average molecular weight is 480 g/mol. The van der Waals surface area contributed by atoms with E-state index in [2.05, 4.69) is 5.32 Å². The zero-order valence-corrected chi connectivity index (χ0v) is 18.7. The molecule has 0 aliphatic rings. The summed E-state index contributed by atoms with van der Waals surface area (Å²) < 4.78 is 12.8. The van der Waals surface area contributed by atoms with Crippen LogP contribution in [0.15, 0.2) is 76.6 Å². The Morgan fingerprint density at radius 2 is 1.60 bits per heavy atom. The quantitative estimate of drug-likeness (QED) is 0.173. The third kappa shape index (κ3) is 7.42.